The summed E-state index contributed by atoms with van der Waals surface area (Å²) < 4.78 is 0. The zero-order valence-electron chi connectivity index (χ0n) is 10.5. The Labute approximate surface area is 103 Å². The molecule has 1 saturated carbocycles. The lowest BCUT2D eigenvalue weighted by atomic mass is 9.94. The third kappa shape index (κ3) is 3.40. The lowest BCUT2D eigenvalue weighted by Crippen LogP contribution is -2.42. The number of hydrogen-bond donors (Lipinski definition) is 1. The van der Waals surface area contributed by atoms with Crippen LogP contribution in [-0.4, -0.2) is 17.9 Å². The zero-order valence-corrected chi connectivity index (χ0v) is 10.5. The van der Waals surface area contributed by atoms with E-state index in [4.69, 9.17) is 0 Å². The predicted molar refractivity (Wildman–Crippen MR) is 70.2 cm³/mol. The van der Waals surface area contributed by atoms with Crippen LogP contribution in [0.5, 0.6) is 0 Å². The minimum Gasteiger partial charge on any atom is -0.305 e. The smallest absolute Gasteiger partial charge is 0.179 e. The fourth-order valence-electron chi connectivity index (χ4n) is 2.55. The molecule has 0 heterocycles. The van der Waals surface area contributed by atoms with Crippen molar-refractivity contribution < 1.29 is 4.79 Å². The normalized spacial score (nSPS) is 18.9. The minimum atomic E-state index is -0.0690. The molecule has 0 aliphatic heterocycles. The number of carbonyl (C=O) groups is 1. The first-order chi connectivity index (χ1) is 8.27. The lowest BCUT2D eigenvalue weighted by molar-refractivity contribution is 0.0940. The molecule has 1 atom stereocenters. The molecule has 1 fully saturated rings. The van der Waals surface area contributed by atoms with Crippen LogP contribution < -0.4 is 5.32 Å². The largest absolute Gasteiger partial charge is 0.305 e. The van der Waals surface area contributed by atoms with Gasteiger partial charge in [0.25, 0.3) is 0 Å². The van der Waals surface area contributed by atoms with Crippen molar-refractivity contribution in [2.24, 2.45) is 0 Å². The van der Waals surface area contributed by atoms with Crippen molar-refractivity contribution in [2.75, 3.05) is 0 Å². The van der Waals surface area contributed by atoms with Crippen LogP contribution in [0.15, 0.2) is 30.3 Å². The number of Topliss-reactive ketones (excluding diaryl/α,β-unsaturated/α-hetero) is 1. The first-order valence-corrected chi connectivity index (χ1v) is 6.62. The van der Waals surface area contributed by atoms with E-state index in [2.05, 4.69) is 5.32 Å². The van der Waals surface area contributed by atoms with Crippen molar-refractivity contribution >= 4 is 5.78 Å². The van der Waals surface area contributed by atoms with Crippen LogP contribution in [0.2, 0.25) is 0 Å². The van der Waals surface area contributed by atoms with Crippen molar-refractivity contribution in [3.05, 3.63) is 35.9 Å². The highest BCUT2D eigenvalue weighted by Gasteiger charge is 2.20. The third-order valence-electron chi connectivity index (χ3n) is 3.54. The lowest BCUT2D eigenvalue weighted by Gasteiger charge is -2.26. The standard InChI is InChI=1S/C15H21NO/c1-12(16-14-10-6-3-7-11-14)15(17)13-8-4-2-5-9-13/h2,4-5,8-9,12,14,16H,3,6-7,10-11H2,1H3. The van der Waals surface area contributed by atoms with E-state index in [9.17, 15) is 4.79 Å². The average molecular weight is 231 g/mol. The van der Waals surface area contributed by atoms with Gasteiger partial charge >= 0.3 is 0 Å². The van der Waals surface area contributed by atoms with Crippen LogP contribution >= 0.6 is 0 Å². The fourth-order valence-corrected chi connectivity index (χ4v) is 2.55. The second-order valence-corrected chi connectivity index (χ2v) is 4.95. The van der Waals surface area contributed by atoms with Gasteiger partial charge < -0.3 is 5.32 Å². The Hall–Kier alpha value is -1.15. The predicted octanol–water partition coefficient (Wildman–Crippen LogP) is 3.18. The van der Waals surface area contributed by atoms with Gasteiger partial charge in [-0.05, 0) is 19.8 Å². The summed E-state index contributed by atoms with van der Waals surface area (Å²) in [6.45, 7) is 1.98. The molecular weight excluding hydrogens is 210 g/mol. The topological polar surface area (TPSA) is 29.1 Å². The quantitative estimate of drug-likeness (QED) is 0.806. The highest BCUT2D eigenvalue weighted by atomic mass is 16.1. The Kier molecular flexibility index (Phi) is 4.32. The van der Waals surface area contributed by atoms with Crippen molar-refractivity contribution in [1.29, 1.82) is 0 Å². The highest BCUT2D eigenvalue weighted by molar-refractivity contribution is 5.99. The maximum absolute atomic E-state index is 12.2. The van der Waals surface area contributed by atoms with E-state index in [0.717, 1.165) is 5.56 Å². The molecule has 1 N–H and O–H groups in total. The molecular formula is C15H21NO. The molecule has 2 heteroatoms. The number of hydrogen-bond acceptors (Lipinski definition) is 2. The van der Waals surface area contributed by atoms with Crippen molar-refractivity contribution in [1.82, 2.24) is 5.32 Å². The molecule has 0 bridgehead atoms. The number of nitrogens with one attached hydrogen (secondary N) is 1. The molecule has 1 aromatic rings. The van der Waals surface area contributed by atoms with Crippen molar-refractivity contribution in [3.8, 4) is 0 Å². The first-order valence-electron chi connectivity index (χ1n) is 6.62. The monoisotopic (exact) mass is 231 g/mol. The molecule has 2 nitrogen and oxygen atoms in total. The van der Waals surface area contributed by atoms with E-state index in [1.807, 2.05) is 37.3 Å². The summed E-state index contributed by atoms with van der Waals surface area (Å²) in [6, 6.07) is 10.0. The van der Waals surface area contributed by atoms with E-state index >= 15 is 0 Å². The summed E-state index contributed by atoms with van der Waals surface area (Å²) in [6.07, 6.45) is 6.37. The third-order valence-corrected chi connectivity index (χ3v) is 3.54. The van der Waals surface area contributed by atoms with Crippen LogP contribution in [0.25, 0.3) is 0 Å². The average Bonchev–Trinajstić information content (AvgIpc) is 2.40. The number of carbonyl (C=O) groups excluding carboxylic acids is 1. The summed E-state index contributed by atoms with van der Waals surface area (Å²) in [7, 11) is 0. The molecule has 17 heavy (non-hydrogen) atoms. The van der Waals surface area contributed by atoms with Gasteiger partial charge in [0.05, 0.1) is 6.04 Å². The fraction of sp³-hybridized carbons (Fsp3) is 0.533. The van der Waals surface area contributed by atoms with Gasteiger partial charge in [-0.25, -0.2) is 0 Å². The highest BCUT2D eigenvalue weighted by Crippen LogP contribution is 2.18. The molecule has 0 saturated heterocycles. The van der Waals surface area contributed by atoms with Gasteiger partial charge in [-0.15, -0.1) is 0 Å². The van der Waals surface area contributed by atoms with E-state index in [1.165, 1.54) is 32.1 Å². The van der Waals surface area contributed by atoms with Crippen LogP contribution in [0.3, 0.4) is 0 Å². The number of benzene rings is 1. The molecule has 1 aliphatic rings. The molecule has 0 radical (unpaired) electrons. The molecule has 1 aliphatic carbocycles. The van der Waals surface area contributed by atoms with Crippen molar-refractivity contribution in [2.45, 2.75) is 51.1 Å². The van der Waals surface area contributed by atoms with Crippen molar-refractivity contribution in [3.63, 3.8) is 0 Å². The van der Waals surface area contributed by atoms with E-state index < -0.39 is 0 Å². The van der Waals surface area contributed by atoms with Gasteiger partial charge in [0, 0.05) is 11.6 Å². The molecule has 1 aromatic carbocycles. The number of rotatable bonds is 4. The van der Waals surface area contributed by atoms with E-state index in [0.29, 0.717) is 6.04 Å². The van der Waals surface area contributed by atoms with Crippen LogP contribution in [0.1, 0.15) is 49.4 Å². The van der Waals surface area contributed by atoms with E-state index in [-0.39, 0.29) is 11.8 Å². The summed E-state index contributed by atoms with van der Waals surface area (Å²) in [5.41, 5.74) is 0.809. The zero-order chi connectivity index (χ0) is 12.1. The SMILES string of the molecule is CC(NC1CCCCC1)C(=O)c1ccccc1. The van der Waals surface area contributed by atoms with Gasteiger partial charge in [-0.1, -0.05) is 49.6 Å². The molecule has 0 aromatic heterocycles. The summed E-state index contributed by atoms with van der Waals surface area (Å²) >= 11 is 0. The van der Waals surface area contributed by atoms with E-state index in [1.54, 1.807) is 0 Å². The van der Waals surface area contributed by atoms with Gasteiger partial charge in [0.15, 0.2) is 5.78 Å². The molecule has 2 rings (SSSR count). The minimum absolute atomic E-state index is 0.0690. The second kappa shape index (κ2) is 5.97. The molecule has 92 valence electrons. The van der Waals surface area contributed by atoms with Gasteiger partial charge in [0.2, 0.25) is 0 Å². The Bertz CT molecular complexity index is 354. The Morgan fingerprint density at radius 3 is 2.47 bits per heavy atom. The molecule has 0 amide bonds. The van der Waals surface area contributed by atoms with Gasteiger partial charge in [-0.2, -0.15) is 0 Å². The summed E-state index contributed by atoms with van der Waals surface area (Å²) in [5, 5.41) is 3.47. The second-order valence-electron chi connectivity index (χ2n) is 4.95. The first kappa shape index (κ1) is 12.3. The van der Waals surface area contributed by atoms with Gasteiger partial charge in [-0.3, -0.25) is 4.79 Å². The Balaban J connectivity index is 1.91. The van der Waals surface area contributed by atoms with Crippen LogP contribution in [0.4, 0.5) is 0 Å². The molecule has 0 spiro atoms. The molecule has 1 unspecified atom stereocenters. The Morgan fingerprint density at radius 2 is 1.82 bits per heavy atom. The Morgan fingerprint density at radius 1 is 1.18 bits per heavy atom. The van der Waals surface area contributed by atoms with Crippen LogP contribution in [0, 0.1) is 0 Å². The summed E-state index contributed by atoms with van der Waals surface area (Å²) in [5.74, 6) is 0.205. The van der Waals surface area contributed by atoms with Gasteiger partial charge in [0.1, 0.15) is 0 Å². The maximum atomic E-state index is 12.2. The summed E-state index contributed by atoms with van der Waals surface area (Å²) in [4.78, 5) is 12.2. The number of ketones is 1. The van der Waals surface area contributed by atoms with Crippen LogP contribution in [-0.2, 0) is 0 Å². The maximum Gasteiger partial charge on any atom is 0.179 e.